The van der Waals surface area contributed by atoms with E-state index in [0.717, 1.165) is 11.1 Å². The van der Waals surface area contributed by atoms with Crippen molar-refractivity contribution in [1.29, 1.82) is 0 Å². The van der Waals surface area contributed by atoms with Crippen molar-refractivity contribution in [1.82, 2.24) is 10.4 Å². The molecule has 6 N–H and O–H groups in total. The molecule has 36 heavy (non-hydrogen) atoms. The smallest absolute Gasteiger partial charge is 0.138 e. The van der Waals surface area contributed by atoms with E-state index in [1.165, 1.54) is 0 Å². The number of benzene rings is 2. The van der Waals surface area contributed by atoms with Gasteiger partial charge in [0.15, 0.2) is 0 Å². The second kappa shape index (κ2) is 14.5. The maximum Gasteiger partial charge on any atom is 0.138 e. The van der Waals surface area contributed by atoms with E-state index in [9.17, 15) is 15.3 Å². The predicted octanol–water partition coefficient (Wildman–Crippen LogP) is 3.38. The van der Waals surface area contributed by atoms with Crippen molar-refractivity contribution in [2.75, 3.05) is 39.3 Å². The molecule has 2 atom stereocenters. The largest absolute Gasteiger partial charge is 0.491 e. The lowest BCUT2D eigenvalue weighted by atomic mass is 9.78. The Labute approximate surface area is 236 Å². The first-order valence-corrected chi connectivity index (χ1v) is 13.3. The lowest BCUT2D eigenvalue weighted by Crippen LogP contribution is -2.41. The Morgan fingerprint density at radius 3 is 2.25 bits per heavy atom. The van der Waals surface area contributed by atoms with Gasteiger partial charge in [0.25, 0.3) is 0 Å². The highest BCUT2D eigenvalue weighted by Gasteiger charge is 2.24. The van der Waals surface area contributed by atoms with E-state index in [1.54, 1.807) is 18.1 Å². The van der Waals surface area contributed by atoms with E-state index < -0.39 is 12.2 Å². The molecule has 0 spiro atoms. The Hall–Kier alpha value is -1.47. The Bertz CT molecular complexity index is 1010. The molecule has 0 aliphatic heterocycles. The number of nitrogens with zero attached hydrogens (tertiary/aromatic N) is 1. The summed E-state index contributed by atoms with van der Waals surface area (Å²) in [4.78, 5) is 0. The maximum atomic E-state index is 10.4. The van der Waals surface area contributed by atoms with Crippen molar-refractivity contribution in [2.45, 2.75) is 31.5 Å². The molecule has 0 heterocycles. The molecule has 11 heteroatoms. The van der Waals surface area contributed by atoms with Gasteiger partial charge < -0.3 is 30.5 Å². The lowest BCUT2D eigenvalue weighted by Gasteiger charge is -2.27. The van der Waals surface area contributed by atoms with Crippen LogP contribution < -0.4 is 20.6 Å². The summed E-state index contributed by atoms with van der Waals surface area (Å²) in [5.74, 6) is 1.21. The van der Waals surface area contributed by atoms with Crippen LogP contribution >= 0.6 is 45.8 Å². The maximum absolute atomic E-state index is 10.4. The van der Waals surface area contributed by atoms with E-state index in [-0.39, 0.29) is 37.7 Å². The molecule has 0 unspecified atom stereocenters. The zero-order chi connectivity index (χ0) is 26.9. The number of nitrogens with one attached hydrogen (secondary N) is 1. The van der Waals surface area contributed by atoms with E-state index >= 15 is 0 Å². The molecule has 200 valence electrons. The van der Waals surface area contributed by atoms with Crippen molar-refractivity contribution in [2.24, 2.45) is 5.73 Å². The molecular formula is C25H34Cl2IN3O5. The van der Waals surface area contributed by atoms with Crippen LogP contribution in [0.4, 0.5) is 0 Å². The van der Waals surface area contributed by atoms with Gasteiger partial charge >= 0.3 is 0 Å². The molecule has 0 bridgehead atoms. The second-order valence-corrected chi connectivity index (χ2v) is 10.4. The molecule has 2 aromatic carbocycles. The Morgan fingerprint density at radius 1 is 1.08 bits per heavy atom. The summed E-state index contributed by atoms with van der Waals surface area (Å²) in [5, 5.41) is 31.3. The van der Waals surface area contributed by atoms with Gasteiger partial charge in [0, 0.05) is 12.5 Å². The summed E-state index contributed by atoms with van der Waals surface area (Å²) < 4.78 is 11.9. The van der Waals surface area contributed by atoms with Gasteiger partial charge in [-0.2, -0.15) is 0 Å². The molecule has 2 rings (SSSR count). The summed E-state index contributed by atoms with van der Waals surface area (Å²) in [6.45, 7) is 4.30. The summed E-state index contributed by atoms with van der Waals surface area (Å²) in [7, 11) is 1.71. The van der Waals surface area contributed by atoms with Crippen LogP contribution in [0, 0.1) is 0 Å². The summed E-state index contributed by atoms with van der Waals surface area (Å²) in [5.41, 5.74) is 10.7. The molecular weight excluding hydrogens is 620 g/mol. The van der Waals surface area contributed by atoms with Crippen LogP contribution in [0.25, 0.3) is 0 Å². The lowest BCUT2D eigenvalue weighted by molar-refractivity contribution is 0.0701. The molecule has 2 aromatic rings. The first-order chi connectivity index (χ1) is 17.0. The molecule has 0 aromatic heterocycles. The van der Waals surface area contributed by atoms with Crippen molar-refractivity contribution >= 4 is 45.8 Å². The highest BCUT2D eigenvalue weighted by Crippen LogP contribution is 2.36. The second-order valence-electron chi connectivity index (χ2n) is 8.69. The topological polar surface area (TPSA) is 120 Å². The van der Waals surface area contributed by atoms with Gasteiger partial charge in [-0.3, -0.25) is 5.01 Å². The standard InChI is InChI=1S/C25H34Cl2IN3O5/c1-25(2,17-6-9-23(21(27)10-17)36-14-18(33)11-26)16-4-7-20(8-5-16)35-15-19(34)12-31(30-3)24(28)22(29)13-32/h4-10,18-19,30,32-34H,11-15,29H2,1-3H3/b24-22-/t18-,19+/m0/s1. The van der Waals surface area contributed by atoms with Gasteiger partial charge in [-0.25, -0.2) is 5.43 Å². The van der Waals surface area contributed by atoms with Gasteiger partial charge in [0.2, 0.25) is 0 Å². The number of hydrogen-bond donors (Lipinski definition) is 5. The van der Waals surface area contributed by atoms with Crippen LogP contribution in [0.15, 0.2) is 51.9 Å². The Balaban J connectivity index is 2.02. The van der Waals surface area contributed by atoms with Crippen molar-refractivity contribution < 1.29 is 24.8 Å². The molecule has 0 amide bonds. The van der Waals surface area contributed by atoms with E-state index in [2.05, 4.69) is 19.3 Å². The molecule has 0 radical (unpaired) electrons. The number of ether oxygens (including phenoxy) is 2. The fraction of sp³-hybridized carbons (Fsp3) is 0.440. The SMILES string of the molecule is CNN(C[C@@H](O)COc1ccc(C(C)(C)c2ccc(OC[C@@H](O)CCl)c(Cl)c2)cc1)/C(I)=C(\N)CO. The number of hydrazine groups is 1. The third-order valence-corrected chi connectivity index (χ3v) is 7.54. The van der Waals surface area contributed by atoms with Crippen LogP contribution in [-0.2, 0) is 5.41 Å². The summed E-state index contributed by atoms with van der Waals surface area (Å²) >= 11 is 14.0. The fourth-order valence-corrected chi connectivity index (χ4v) is 4.27. The quantitative estimate of drug-likeness (QED) is 0.0912. The number of rotatable bonds is 14. The van der Waals surface area contributed by atoms with E-state index in [4.69, 9.17) is 38.4 Å². The minimum atomic E-state index is -0.793. The van der Waals surface area contributed by atoms with Crippen LogP contribution in [-0.4, -0.2) is 71.8 Å². The van der Waals surface area contributed by atoms with Crippen molar-refractivity contribution in [3.63, 3.8) is 0 Å². The minimum absolute atomic E-state index is 0.0712. The van der Waals surface area contributed by atoms with Gasteiger partial charge in [-0.1, -0.05) is 43.6 Å². The van der Waals surface area contributed by atoms with Crippen molar-refractivity contribution in [3.8, 4) is 11.5 Å². The molecule has 0 saturated carbocycles. The number of hydrogen-bond acceptors (Lipinski definition) is 8. The minimum Gasteiger partial charge on any atom is -0.491 e. The Morgan fingerprint density at radius 2 is 1.69 bits per heavy atom. The number of aliphatic hydroxyl groups excluding tert-OH is 3. The highest BCUT2D eigenvalue weighted by atomic mass is 127. The molecule has 0 aliphatic rings. The molecule has 8 nitrogen and oxygen atoms in total. The van der Waals surface area contributed by atoms with Gasteiger partial charge in [0.05, 0.1) is 29.8 Å². The van der Waals surface area contributed by atoms with Crippen LogP contribution in [0.5, 0.6) is 11.5 Å². The monoisotopic (exact) mass is 653 g/mol. The van der Waals surface area contributed by atoms with Gasteiger partial charge in [-0.05, 0) is 58.0 Å². The normalized spacial score (nSPS) is 14.1. The molecule has 0 aliphatic carbocycles. The van der Waals surface area contributed by atoms with Crippen molar-refractivity contribution in [3.05, 3.63) is 68.0 Å². The average molecular weight is 654 g/mol. The Kier molecular flexibility index (Phi) is 12.4. The fourth-order valence-electron chi connectivity index (χ4n) is 3.34. The van der Waals surface area contributed by atoms with Gasteiger partial charge in [-0.15, -0.1) is 11.6 Å². The first kappa shape index (κ1) is 30.8. The molecule has 0 fully saturated rings. The zero-order valence-electron chi connectivity index (χ0n) is 20.5. The van der Waals surface area contributed by atoms with E-state index in [1.807, 2.05) is 59.0 Å². The van der Waals surface area contributed by atoms with Crippen LogP contribution in [0.3, 0.4) is 0 Å². The van der Waals surface area contributed by atoms with Crippen LogP contribution in [0.1, 0.15) is 25.0 Å². The third-order valence-electron chi connectivity index (χ3n) is 5.62. The van der Waals surface area contributed by atoms with E-state index in [0.29, 0.717) is 25.9 Å². The number of aliphatic hydroxyl groups is 3. The summed E-state index contributed by atoms with van der Waals surface area (Å²) in [6, 6.07) is 13.3. The summed E-state index contributed by atoms with van der Waals surface area (Å²) in [6.07, 6.45) is -1.55. The molecule has 0 saturated heterocycles. The number of halogens is 3. The number of alkyl halides is 1. The average Bonchev–Trinajstić information content (AvgIpc) is 2.88. The number of nitrogens with two attached hydrogens (primary N) is 1. The third kappa shape index (κ3) is 8.54. The zero-order valence-corrected chi connectivity index (χ0v) is 24.2. The first-order valence-electron chi connectivity index (χ1n) is 11.3. The highest BCUT2D eigenvalue weighted by molar-refractivity contribution is 14.1. The van der Waals surface area contributed by atoms with Crippen LogP contribution in [0.2, 0.25) is 5.02 Å². The predicted molar refractivity (Wildman–Crippen MR) is 152 cm³/mol. The van der Waals surface area contributed by atoms with Gasteiger partial charge in [0.1, 0.15) is 40.6 Å².